The molecule has 3 N–H and O–H groups in total. The van der Waals surface area contributed by atoms with E-state index in [1.807, 2.05) is 12.1 Å². The smallest absolute Gasteiger partial charge is 0.274 e. The first-order valence-electron chi connectivity index (χ1n) is 8.33. The molecule has 0 fully saturated rings. The van der Waals surface area contributed by atoms with Crippen molar-refractivity contribution in [3.8, 4) is 0 Å². The largest absolute Gasteiger partial charge is 0.302 e. The average Bonchev–Trinajstić information content (AvgIpc) is 2.67. The third-order valence-corrected chi connectivity index (χ3v) is 4.46. The van der Waals surface area contributed by atoms with Gasteiger partial charge in [0.25, 0.3) is 11.8 Å². The predicted molar refractivity (Wildman–Crippen MR) is 94.4 cm³/mol. The fourth-order valence-electron chi connectivity index (χ4n) is 3.04. The summed E-state index contributed by atoms with van der Waals surface area (Å²) in [6.45, 7) is 2.22. The highest BCUT2D eigenvalue weighted by atomic mass is 16.6. The monoisotopic (exact) mass is 355 g/mol. The maximum absolute atomic E-state index is 12.1. The van der Waals surface area contributed by atoms with E-state index in [0.29, 0.717) is 12.2 Å². The highest BCUT2D eigenvalue weighted by Gasteiger charge is 2.16. The van der Waals surface area contributed by atoms with Crippen LogP contribution in [0.3, 0.4) is 0 Å². The molecule has 1 aliphatic heterocycles. The molecule has 0 atom stereocenters. The van der Waals surface area contributed by atoms with E-state index in [4.69, 9.17) is 10.0 Å². The summed E-state index contributed by atoms with van der Waals surface area (Å²) in [4.78, 5) is 31.1. The fourth-order valence-corrected chi connectivity index (χ4v) is 3.04. The summed E-state index contributed by atoms with van der Waals surface area (Å²) < 4.78 is 0. The van der Waals surface area contributed by atoms with Crippen LogP contribution in [0.25, 0.3) is 0 Å². The molecule has 7 heteroatoms. The lowest BCUT2D eigenvalue weighted by Gasteiger charge is -2.26. The lowest BCUT2D eigenvalue weighted by atomic mass is 9.95. The zero-order valence-corrected chi connectivity index (χ0v) is 14.5. The molecule has 0 aliphatic carbocycles. The lowest BCUT2D eigenvalue weighted by Crippen LogP contribution is -2.28. The number of nitrogens with zero attached hydrogens (tertiary/aromatic N) is 1. The molecule has 0 saturated heterocycles. The number of carbonyl (C=O) groups excluding carboxylic acids is 2. The van der Waals surface area contributed by atoms with Crippen LogP contribution in [0.2, 0.25) is 0 Å². The molecule has 0 aromatic heterocycles. The number of benzene rings is 2. The molecule has 0 saturated carbocycles. The van der Waals surface area contributed by atoms with Gasteiger partial charge in [0.2, 0.25) is 0 Å². The van der Waals surface area contributed by atoms with E-state index in [-0.39, 0.29) is 5.56 Å². The molecule has 136 valence electrons. The SMILES string of the molecule is CN1CCc2c(CONC(=O)c3ccc(C(=O)NO)cc3)cccc2C1. The Balaban J connectivity index is 1.58. The van der Waals surface area contributed by atoms with Gasteiger partial charge in [-0.15, -0.1) is 0 Å². The van der Waals surface area contributed by atoms with Crippen LogP contribution in [0.1, 0.15) is 37.4 Å². The molecule has 1 aliphatic rings. The summed E-state index contributed by atoms with van der Waals surface area (Å²) in [7, 11) is 2.10. The number of rotatable bonds is 5. The quantitative estimate of drug-likeness (QED) is 0.560. The van der Waals surface area contributed by atoms with Gasteiger partial charge in [0.1, 0.15) is 6.61 Å². The van der Waals surface area contributed by atoms with E-state index in [1.165, 1.54) is 35.4 Å². The molecular weight excluding hydrogens is 334 g/mol. The summed E-state index contributed by atoms with van der Waals surface area (Å²) in [5, 5.41) is 8.59. The lowest BCUT2D eigenvalue weighted by molar-refractivity contribution is 0.0230. The van der Waals surface area contributed by atoms with Crippen molar-refractivity contribution in [3.63, 3.8) is 0 Å². The Labute approximate surface area is 151 Å². The number of amides is 2. The maximum Gasteiger partial charge on any atom is 0.274 e. The molecule has 0 spiro atoms. The number of hydroxylamine groups is 2. The van der Waals surface area contributed by atoms with Crippen LogP contribution < -0.4 is 11.0 Å². The van der Waals surface area contributed by atoms with Crippen molar-refractivity contribution in [1.82, 2.24) is 15.9 Å². The van der Waals surface area contributed by atoms with E-state index in [1.54, 1.807) is 5.48 Å². The third kappa shape index (κ3) is 4.08. The molecule has 0 bridgehead atoms. The van der Waals surface area contributed by atoms with Crippen LogP contribution in [0.5, 0.6) is 0 Å². The number of fused-ring (bicyclic) bond motifs is 1. The number of likely N-dealkylation sites (N-methyl/N-ethyl adjacent to an activating group) is 1. The molecule has 7 nitrogen and oxygen atoms in total. The minimum absolute atomic E-state index is 0.255. The van der Waals surface area contributed by atoms with E-state index in [9.17, 15) is 9.59 Å². The van der Waals surface area contributed by atoms with Crippen molar-refractivity contribution in [1.29, 1.82) is 0 Å². The fraction of sp³-hybridized carbons (Fsp3) is 0.263. The highest BCUT2D eigenvalue weighted by molar-refractivity contribution is 5.97. The molecule has 0 radical (unpaired) electrons. The third-order valence-electron chi connectivity index (χ3n) is 4.46. The maximum atomic E-state index is 12.1. The Bertz CT molecular complexity index is 805. The van der Waals surface area contributed by atoms with Crippen LogP contribution in [0.4, 0.5) is 0 Å². The van der Waals surface area contributed by atoms with Crippen LogP contribution >= 0.6 is 0 Å². The van der Waals surface area contributed by atoms with Gasteiger partial charge in [-0.25, -0.2) is 11.0 Å². The Hall–Kier alpha value is -2.74. The molecule has 2 aromatic rings. The standard InChI is InChI=1S/C19H21N3O4/c1-22-10-9-17-15(11-22)3-2-4-16(17)12-26-21-19(24)14-7-5-13(6-8-14)18(23)20-25/h2-8,25H,9-12H2,1H3,(H,20,23)(H,21,24). The minimum Gasteiger partial charge on any atom is -0.302 e. The second-order valence-corrected chi connectivity index (χ2v) is 6.28. The van der Waals surface area contributed by atoms with Gasteiger partial charge in [0, 0.05) is 24.2 Å². The highest BCUT2D eigenvalue weighted by Crippen LogP contribution is 2.22. The number of hydrogen-bond acceptors (Lipinski definition) is 5. The normalized spacial score (nSPS) is 13.8. The summed E-state index contributed by atoms with van der Waals surface area (Å²) in [5.41, 5.74) is 8.24. The molecule has 3 rings (SSSR count). The molecule has 0 unspecified atom stereocenters. The van der Waals surface area contributed by atoms with E-state index < -0.39 is 11.8 Å². The van der Waals surface area contributed by atoms with Gasteiger partial charge in [0.15, 0.2) is 0 Å². The Morgan fingerprint density at radius 1 is 1.12 bits per heavy atom. The first kappa shape index (κ1) is 18.1. The molecule has 2 aromatic carbocycles. The van der Waals surface area contributed by atoms with E-state index in [2.05, 4.69) is 23.5 Å². The number of carbonyl (C=O) groups is 2. The van der Waals surface area contributed by atoms with Crippen molar-refractivity contribution >= 4 is 11.8 Å². The van der Waals surface area contributed by atoms with Crippen LogP contribution in [0, 0.1) is 0 Å². The predicted octanol–water partition coefficient (Wildman–Crippen LogP) is 1.66. The summed E-state index contributed by atoms with van der Waals surface area (Å²) in [6.07, 6.45) is 0.966. The first-order chi connectivity index (χ1) is 12.6. The average molecular weight is 355 g/mol. The number of nitrogens with one attached hydrogen (secondary N) is 2. The van der Waals surface area contributed by atoms with Gasteiger partial charge in [0.05, 0.1) is 0 Å². The van der Waals surface area contributed by atoms with Gasteiger partial charge in [-0.1, -0.05) is 18.2 Å². The molecule has 26 heavy (non-hydrogen) atoms. The summed E-state index contributed by atoms with van der Waals surface area (Å²) in [5.74, 6) is -1.03. The van der Waals surface area contributed by atoms with E-state index in [0.717, 1.165) is 25.1 Å². The van der Waals surface area contributed by atoms with Gasteiger partial charge < -0.3 is 4.90 Å². The van der Waals surface area contributed by atoms with Crippen molar-refractivity contribution in [2.24, 2.45) is 0 Å². The zero-order valence-electron chi connectivity index (χ0n) is 14.5. The molecule has 1 heterocycles. The number of hydrogen-bond donors (Lipinski definition) is 3. The first-order valence-corrected chi connectivity index (χ1v) is 8.33. The zero-order chi connectivity index (χ0) is 18.5. The van der Waals surface area contributed by atoms with Crippen molar-refractivity contribution in [3.05, 3.63) is 70.3 Å². The van der Waals surface area contributed by atoms with Crippen molar-refractivity contribution in [2.45, 2.75) is 19.6 Å². The molecular formula is C19H21N3O4. The Morgan fingerprint density at radius 3 is 2.50 bits per heavy atom. The van der Waals surface area contributed by atoms with Crippen molar-refractivity contribution in [2.75, 3.05) is 13.6 Å². The van der Waals surface area contributed by atoms with E-state index >= 15 is 0 Å². The van der Waals surface area contributed by atoms with Crippen LogP contribution in [-0.4, -0.2) is 35.5 Å². The van der Waals surface area contributed by atoms with Crippen LogP contribution in [0.15, 0.2) is 42.5 Å². The van der Waals surface area contributed by atoms with Gasteiger partial charge >= 0.3 is 0 Å². The van der Waals surface area contributed by atoms with Crippen LogP contribution in [-0.2, 0) is 24.4 Å². The Morgan fingerprint density at radius 2 is 1.81 bits per heavy atom. The van der Waals surface area contributed by atoms with Gasteiger partial charge in [-0.2, -0.15) is 0 Å². The minimum atomic E-state index is -0.632. The molecule has 2 amide bonds. The van der Waals surface area contributed by atoms with Gasteiger partial charge in [-0.05, 0) is 54.4 Å². The second-order valence-electron chi connectivity index (χ2n) is 6.28. The van der Waals surface area contributed by atoms with Gasteiger partial charge in [-0.3, -0.25) is 19.6 Å². The Kier molecular flexibility index (Phi) is 5.62. The topological polar surface area (TPSA) is 90.9 Å². The summed E-state index contributed by atoms with van der Waals surface area (Å²) >= 11 is 0. The van der Waals surface area contributed by atoms with Crippen molar-refractivity contribution < 1.29 is 19.6 Å². The summed E-state index contributed by atoms with van der Waals surface area (Å²) in [6, 6.07) is 12.0. The second kappa shape index (κ2) is 8.09.